The second kappa shape index (κ2) is 7.50. The van der Waals surface area contributed by atoms with Crippen molar-refractivity contribution in [1.82, 2.24) is 10.2 Å². The monoisotopic (exact) mass is 349 g/mol. The van der Waals surface area contributed by atoms with E-state index in [4.69, 9.17) is 4.74 Å². The molecule has 0 aliphatic carbocycles. The van der Waals surface area contributed by atoms with E-state index in [0.717, 1.165) is 0 Å². The first kappa shape index (κ1) is 18.7. The van der Waals surface area contributed by atoms with Crippen LogP contribution in [0.2, 0.25) is 0 Å². The quantitative estimate of drug-likeness (QED) is 0.668. The molecule has 8 nitrogen and oxygen atoms in total. The molecule has 2 amide bonds. The summed E-state index contributed by atoms with van der Waals surface area (Å²) in [6.07, 6.45) is 0.785. The van der Waals surface area contributed by atoms with E-state index in [1.165, 1.54) is 18.2 Å². The summed E-state index contributed by atoms with van der Waals surface area (Å²) in [5.74, 6) is -0.469. The Hall–Kier alpha value is -2.64. The number of carbonyl (C=O) groups is 2. The summed E-state index contributed by atoms with van der Waals surface area (Å²) in [4.78, 5) is 36.4. The average Bonchev–Trinajstić information content (AvgIpc) is 2.53. The predicted molar refractivity (Wildman–Crippen MR) is 91.4 cm³/mol. The summed E-state index contributed by atoms with van der Waals surface area (Å²) >= 11 is 0. The molecule has 0 unspecified atom stereocenters. The van der Waals surface area contributed by atoms with Gasteiger partial charge < -0.3 is 15.0 Å². The third-order valence-corrected chi connectivity index (χ3v) is 3.83. The van der Waals surface area contributed by atoms with Crippen LogP contribution in [0.3, 0.4) is 0 Å². The fourth-order valence-electron chi connectivity index (χ4n) is 2.62. The third kappa shape index (κ3) is 5.17. The maximum atomic E-state index is 12.3. The number of hydrogen-bond acceptors (Lipinski definition) is 5. The predicted octanol–water partition coefficient (Wildman–Crippen LogP) is 2.72. The number of hydrogen-bond donors (Lipinski definition) is 1. The minimum atomic E-state index is -0.569. The lowest BCUT2D eigenvalue weighted by Crippen LogP contribution is -2.47. The van der Waals surface area contributed by atoms with Crippen LogP contribution in [-0.2, 0) is 4.74 Å². The average molecular weight is 349 g/mol. The molecule has 1 aromatic rings. The highest BCUT2D eigenvalue weighted by Gasteiger charge is 2.28. The fraction of sp³-hybridized carbons (Fsp3) is 0.529. The van der Waals surface area contributed by atoms with Crippen LogP contribution >= 0.6 is 0 Å². The first-order valence-electron chi connectivity index (χ1n) is 8.19. The molecule has 1 N–H and O–H groups in total. The number of rotatable bonds is 3. The SMILES string of the molecule is CC(C)(C)OC(=O)N1CCC(NC(=O)c2ccccc2[N+](=O)[O-])CC1. The van der Waals surface area contributed by atoms with Crippen molar-refractivity contribution in [2.24, 2.45) is 0 Å². The lowest BCUT2D eigenvalue weighted by Gasteiger charge is -2.33. The van der Waals surface area contributed by atoms with Crippen LogP contribution < -0.4 is 5.32 Å². The number of ether oxygens (including phenoxy) is 1. The number of carbonyl (C=O) groups excluding carboxylic acids is 2. The van der Waals surface area contributed by atoms with E-state index in [0.29, 0.717) is 25.9 Å². The molecule has 1 heterocycles. The Bertz CT molecular complexity index is 660. The number of piperidine rings is 1. The molecule has 0 atom stereocenters. The number of nitro benzene ring substituents is 1. The van der Waals surface area contributed by atoms with Gasteiger partial charge in [0.1, 0.15) is 11.2 Å². The zero-order valence-electron chi connectivity index (χ0n) is 14.7. The van der Waals surface area contributed by atoms with Crippen LogP contribution in [0.5, 0.6) is 0 Å². The molecule has 2 rings (SSSR count). The maximum Gasteiger partial charge on any atom is 0.410 e. The largest absolute Gasteiger partial charge is 0.444 e. The van der Waals surface area contributed by atoms with E-state index in [-0.39, 0.29) is 23.4 Å². The van der Waals surface area contributed by atoms with E-state index >= 15 is 0 Å². The van der Waals surface area contributed by atoms with Crippen molar-refractivity contribution in [2.75, 3.05) is 13.1 Å². The summed E-state index contributed by atoms with van der Waals surface area (Å²) < 4.78 is 5.33. The van der Waals surface area contributed by atoms with Crippen molar-refractivity contribution in [3.05, 3.63) is 39.9 Å². The van der Waals surface area contributed by atoms with Crippen molar-refractivity contribution >= 4 is 17.7 Å². The van der Waals surface area contributed by atoms with Gasteiger partial charge in [-0.3, -0.25) is 14.9 Å². The summed E-state index contributed by atoms with van der Waals surface area (Å²) in [7, 11) is 0. The third-order valence-electron chi connectivity index (χ3n) is 3.83. The van der Waals surface area contributed by atoms with E-state index in [2.05, 4.69) is 5.32 Å². The summed E-state index contributed by atoms with van der Waals surface area (Å²) in [6, 6.07) is 5.72. The van der Waals surface area contributed by atoms with Crippen LogP contribution in [0.1, 0.15) is 44.0 Å². The van der Waals surface area contributed by atoms with Crippen molar-refractivity contribution in [1.29, 1.82) is 0 Å². The molecule has 1 fully saturated rings. The Morgan fingerprint density at radius 2 is 1.84 bits per heavy atom. The lowest BCUT2D eigenvalue weighted by molar-refractivity contribution is -0.385. The molecule has 136 valence electrons. The fourth-order valence-corrected chi connectivity index (χ4v) is 2.62. The highest BCUT2D eigenvalue weighted by atomic mass is 16.6. The van der Waals surface area contributed by atoms with Crippen molar-refractivity contribution < 1.29 is 19.2 Å². The van der Waals surface area contributed by atoms with Gasteiger partial charge in [0.15, 0.2) is 0 Å². The first-order chi connectivity index (χ1) is 11.7. The molecule has 8 heteroatoms. The molecular weight excluding hydrogens is 326 g/mol. The number of amides is 2. The molecule has 0 bridgehead atoms. The molecular formula is C17H23N3O5. The molecule has 1 aromatic carbocycles. The number of para-hydroxylation sites is 1. The van der Waals surface area contributed by atoms with Crippen LogP contribution in [-0.4, -0.2) is 46.6 Å². The molecule has 0 radical (unpaired) electrons. The van der Waals surface area contributed by atoms with Gasteiger partial charge in [-0.15, -0.1) is 0 Å². The highest BCUT2D eigenvalue weighted by molar-refractivity contribution is 5.98. The number of likely N-dealkylation sites (tertiary alicyclic amines) is 1. The van der Waals surface area contributed by atoms with E-state index in [1.807, 2.05) is 20.8 Å². The van der Waals surface area contributed by atoms with Gasteiger partial charge in [-0.25, -0.2) is 4.79 Å². The second-order valence-electron chi connectivity index (χ2n) is 6.99. The second-order valence-corrected chi connectivity index (χ2v) is 6.99. The number of benzene rings is 1. The van der Waals surface area contributed by atoms with Gasteiger partial charge in [0.05, 0.1) is 4.92 Å². The molecule has 1 aliphatic rings. The van der Waals surface area contributed by atoms with Crippen LogP contribution in [0.4, 0.5) is 10.5 Å². The highest BCUT2D eigenvalue weighted by Crippen LogP contribution is 2.19. The number of nitrogens with one attached hydrogen (secondary N) is 1. The summed E-state index contributed by atoms with van der Waals surface area (Å²) in [5.41, 5.74) is -0.720. The standard InChI is InChI=1S/C17H23N3O5/c1-17(2,3)25-16(22)19-10-8-12(9-11-19)18-15(21)13-6-4-5-7-14(13)20(23)24/h4-7,12H,8-11H2,1-3H3,(H,18,21). The minimum absolute atomic E-state index is 0.0436. The van der Waals surface area contributed by atoms with Crippen LogP contribution in [0.25, 0.3) is 0 Å². The Labute approximate surface area is 146 Å². The molecule has 1 saturated heterocycles. The number of nitro groups is 1. The van der Waals surface area contributed by atoms with E-state index in [9.17, 15) is 19.7 Å². The zero-order valence-corrected chi connectivity index (χ0v) is 14.7. The summed E-state index contributed by atoms with van der Waals surface area (Å²) in [5, 5.41) is 13.8. The van der Waals surface area contributed by atoms with Crippen LogP contribution in [0, 0.1) is 10.1 Å². The normalized spacial score (nSPS) is 15.6. The van der Waals surface area contributed by atoms with E-state index < -0.39 is 16.4 Å². The Balaban J connectivity index is 1.91. The number of nitrogens with zero attached hydrogens (tertiary/aromatic N) is 2. The van der Waals surface area contributed by atoms with Crippen molar-refractivity contribution in [3.8, 4) is 0 Å². The van der Waals surface area contributed by atoms with Gasteiger partial charge in [-0.1, -0.05) is 12.1 Å². The molecule has 0 saturated carbocycles. The zero-order chi connectivity index (χ0) is 18.6. The van der Waals surface area contributed by atoms with Gasteiger partial charge in [0.25, 0.3) is 11.6 Å². The Kier molecular flexibility index (Phi) is 5.61. The molecule has 25 heavy (non-hydrogen) atoms. The first-order valence-corrected chi connectivity index (χ1v) is 8.19. The van der Waals surface area contributed by atoms with E-state index in [1.54, 1.807) is 11.0 Å². The molecule has 0 spiro atoms. The minimum Gasteiger partial charge on any atom is -0.444 e. The van der Waals surface area contributed by atoms with Gasteiger partial charge in [0, 0.05) is 25.2 Å². The van der Waals surface area contributed by atoms with Gasteiger partial charge in [0.2, 0.25) is 0 Å². The van der Waals surface area contributed by atoms with Crippen molar-refractivity contribution in [2.45, 2.75) is 45.3 Å². The summed E-state index contributed by atoms with van der Waals surface area (Å²) in [6.45, 7) is 6.37. The maximum absolute atomic E-state index is 12.3. The van der Waals surface area contributed by atoms with Gasteiger partial charge in [-0.05, 0) is 39.7 Å². The smallest absolute Gasteiger partial charge is 0.410 e. The lowest BCUT2D eigenvalue weighted by atomic mass is 10.0. The molecule has 0 aromatic heterocycles. The van der Waals surface area contributed by atoms with Gasteiger partial charge >= 0.3 is 6.09 Å². The topological polar surface area (TPSA) is 102 Å². The Morgan fingerprint density at radius 3 is 2.40 bits per heavy atom. The molecule has 1 aliphatic heterocycles. The van der Waals surface area contributed by atoms with Gasteiger partial charge in [-0.2, -0.15) is 0 Å². The Morgan fingerprint density at radius 1 is 1.24 bits per heavy atom. The van der Waals surface area contributed by atoms with Crippen molar-refractivity contribution in [3.63, 3.8) is 0 Å². The van der Waals surface area contributed by atoms with Crippen LogP contribution in [0.15, 0.2) is 24.3 Å².